The molecule has 5 heteroatoms. The van der Waals surface area contributed by atoms with E-state index in [9.17, 15) is 9.59 Å². The van der Waals surface area contributed by atoms with Crippen molar-refractivity contribution in [2.75, 3.05) is 13.7 Å². The average Bonchev–Trinajstić information content (AvgIpc) is 2.43. The summed E-state index contributed by atoms with van der Waals surface area (Å²) in [6, 6.07) is 6.60. The highest BCUT2D eigenvalue weighted by molar-refractivity contribution is 5.84. The first kappa shape index (κ1) is 15.0. The molecule has 0 bridgehead atoms. The number of rotatable bonds is 6. The fourth-order valence-electron chi connectivity index (χ4n) is 1.45. The number of hydrogen-bond acceptors (Lipinski definition) is 3. The number of carbonyl (C=O) groups is 2. The quantitative estimate of drug-likeness (QED) is 0.847. The number of carboxylic acids is 1. The predicted octanol–water partition coefficient (Wildman–Crippen LogP) is 1.56. The lowest BCUT2D eigenvalue weighted by atomic mass is 10.2. The number of carboxylic acid groups (broad SMARTS) is 1. The molecule has 104 valence electrons. The zero-order valence-electron chi connectivity index (χ0n) is 11.4. The van der Waals surface area contributed by atoms with Crippen molar-refractivity contribution in [2.24, 2.45) is 0 Å². The molecule has 0 spiro atoms. The summed E-state index contributed by atoms with van der Waals surface area (Å²) in [6.45, 7) is 3.34. The van der Waals surface area contributed by atoms with E-state index in [0.717, 1.165) is 11.3 Å². The molecular weight excluding hydrogens is 246 g/mol. The molecule has 1 aromatic carbocycles. The molecule has 0 radical (unpaired) electrons. The lowest BCUT2D eigenvalue weighted by molar-refractivity contribution is -0.148. The van der Waals surface area contributed by atoms with Gasteiger partial charge >= 0.3 is 5.97 Å². The van der Waals surface area contributed by atoms with Crippen LogP contribution in [0.15, 0.2) is 24.3 Å². The molecule has 19 heavy (non-hydrogen) atoms. The molecule has 0 aromatic heterocycles. The summed E-state index contributed by atoms with van der Waals surface area (Å²) in [5.41, 5.74) is 1.19. The second-order valence-corrected chi connectivity index (χ2v) is 4.31. The molecule has 1 amide bonds. The fraction of sp³-hybridized carbons (Fsp3) is 0.429. The number of nitrogens with zero attached hydrogens (tertiary/aromatic N) is 1. The third kappa shape index (κ3) is 4.28. The fourth-order valence-corrected chi connectivity index (χ4v) is 1.45. The van der Waals surface area contributed by atoms with Crippen LogP contribution in [-0.2, 0) is 16.0 Å². The van der Waals surface area contributed by atoms with Crippen LogP contribution in [0.4, 0.5) is 0 Å². The van der Waals surface area contributed by atoms with Crippen molar-refractivity contribution in [2.45, 2.75) is 26.3 Å². The van der Waals surface area contributed by atoms with Crippen LogP contribution in [0.25, 0.3) is 0 Å². The molecule has 0 saturated heterocycles. The van der Waals surface area contributed by atoms with Gasteiger partial charge in [-0.15, -0.1) is 0 Å². The molecular formula is C14H19NO4. The van der Waals surface area contributed by atoms with Crippen LogP contribution in [0.5, 0.6) is 5.75 Å². The lowest BCUT2D eigenvalue weighted by Crippen LogP contribution is -2.42. The summed E-state index contributed by atoms with van der Waals surface area (Å²) in [5, 5.41) is 8.81. The minimum Gasteiger partial charge on any atom is -0.484 e. The lowest BCUT2D eigenvalue weighted by Gasteiger charge is -2.21. The number of ether oxygens (including phenoxy) is 1. The Morgan fingerprint density at radius 2 is 1.89 bits per heavy atom. The highest BCUT2D eigenvalue weighted by Crippen LogP contribution is 2.12. The van der Waals surface area contributed by atoms with Crippen LogP contribution in [0, 0.1) is 0 Å². The van der Waals surface area contributed by atoms with Crippen LogP contribution >= 0.6 is 0 Å². The molecule has 0 fully saturated rings. The Balaban J connectivity index is 2.51. The molecule has 1 atom stereocenters. The van der Waals surface area contributed by atoms with E-state index in [1.54, 1.807) is 12.1 Å². The van der Waals surface area contributed by atoms with E-state index < -0.39 is 12.0 Å². The molecule has 0 saturated carbocycles. The van der Waals surface area contributed by atoms with Gasteiger partial charge in [0.2, 0.25) is 0 Å². The van der Waals surface area contributed by atoms with Crippen LogP contribution in [0.2, 0.25) is 0 Å². The van der Waals surface area contributed by atoms with Crippen LogP contribution < -0.4 is 4.74 Å². The molecule has 0 heterocycles. The number of carbonyl (C=O) groups excluding carboxylic acids is 1. The largest absolute Gasteiger partial charge is 0.484 e. The normalized spacial score (nSPS) is 11.7. The first-order valence-electron chi connectivity index (χ1n) is 6.16. The van der Waals surface area contributed by atoms with Gasteiger partial charge in [-0.05, 0) is 31.0 Å². The molecule has 1 unspecified atom stereocenters. The standard InChI is InChI=1S/C14H19NO4/c1-4-11-5-7-12(8-6-11)19-9-13(16)15(3)10(2)14(17)18/h5-8,10H,4,9H2,1-3H3,(H,17,18). The van der Waals surface area contributed by atoms with Crippen molar-refractivity contribution in [1.29, 1.82) is 0 Å². The molecule has 0 aliphatic carbocycles. The Hall–Kier alpha value is -2.04. The number of amides is 1. The Labute approximate surface area is 112 Å². The first-order chi connectivity index (χ1) is 8.95. The van der Waals surface area contributed by atoms with Gasteiger partial charge in [0.05, 0.1) is 0 Å². The zero-order valence-corrected chi connectivity index (χ0v) is 11.4. The van der Waals surface area contributed by atoms with Gasteiger partial charge in [0, 0.05) is 7.05 Å². The van der Waals surface area contributed by atoms with Crippen molar-refractivity contribution in [3.63, 3.8) is 0 Å². The highest BCUT2D eigenvalue weighted by Gasteiger charge is 2.21. The number of benzene rings is 1. The molecule has 0 aliphatic rings. The maximum atomic E-state index is 11.7. The van der Waals surface area contributed by atoms with E-state index in [4.69, 9.17) is 9.84 Å². The van der Waals surface area contributed by atoms with Gasteiger partial charge < -0.3 is 14.7 Å². The van der Waals surface area contributed by atoms with Crippen molar-refractivity contribution >= 4 is 11.9 Å². The third-order valence-corrected chi connectivity index (χ3v) is 3.03. The van der Waals surface area contributed by atoms with Crippen molar-refractivity contribution in [1.82, 2.24) is 4.90 Å². The van der Waals surface area contributed by atoms with Gasteiger partial charge in [-0.1, -0.05) is 19.1 Å². The number of aliphatic carboxylic acids is 1. The molecule has 1 rings (SSSR count). The molecule has 1 N–H and O–H groups in total. The van der Waals surface area contributed by atoms with E-state index in [1.807, 2.05) is 12.1 Å². The van der Waals surface area contributed by atoms with Crippen molar-refractivity contribution in [3.8, 4) is 5.75 Å². The number of aryl methyl sites for hydroxylation is 1. The van der Waals surface area contributed by atoms with E-state index >= 15 is 0 Å². The van der Waals surface area contributed by atoms with Gasteiger partial charge in [0.15, 0.2) is 6.61 Å². The molecule has 5 nitrogen and oxygen atoms in total. The zero-order chi connectivity index (χ0) is 14.4. The maximum absolute atomic E-state index is 11.7. The Morgan fingerprint density at radius 1 is 1.32 bits per heavy atom. The van der Waals surface area contributed by atoms with Crippen molar-refractivity contribution < 1.29 is 19.4 Å². The smallest absolute Gasteiger partial charge is 0.326 e. The summed E-state index contributed by atoms with van der Waals surface area (Å²) in [7, 11) is 1.45. The molecule has 1 aromatic rings. The summed E-state index contributed by atoms with van der Waals surface area (Å²) < 4.78 is 5.33. The average molecular weight is 265 g/mol. The van der Waals surface area contributed by atoms with Crippen LogP contribution in [0.3, 0.4) is 0 Å². The predicted molar refractivity (Wildman–Crippen MR) is 71.2 cm³/mol. The Morgan fingerprint density at radius 3 is 2.37 bits per heavy atom. The monoisotopic (exact) mass is 265 g/mol. The van der Waals surface area contributed by atoms with Crippen LogP contribution in [-0.4, -0.2) is 41.6 Å². The van der Waals surface area contributed by atoms with Gasteiger partial charge in [0.25, 0.3) is 5.91 Å². The van der Waals surface area contributed by atoms with E-state index in [0.29, 0.717) is 5.75 Å². The highest BCUT2D eigenvalue weighted by atomic mass is 16.5. The summed E-state index contributed by atoms with van der Waals surface area (Å²) >= 11 is 0. The summed E-state index contributed by atoms with van der Waals surface area (Å²) in [6.07, 6.45) is 0.943. The van der Waals surface area contributed by atoms with Gasteiger partial charge in [-0.25, -0.2) is 4.79 Å². The van der Waals surface area contributed by atoms with Gasteiger partial charge in [-0.2, -0.15) is 0 Å². The van der Waals surface area contributed by atoms with E-state index in [1.165, 1.54) is 19.5 Å². The molecule has 0 aliphatic heterocycles. The minimum absolute atomic E-state index is 0.167. The van der Waals surface area contributed by atoms with E-state index in [2.05, 4.69) is 6.92 Å². The Bertz CT molecular complexity index is 441. The number of likely N-dealkylation sites (N-methyl/N-ethyl adjacent to an activating group) is 1. The second-order valence-electron chi connectivity index (χ2n) is 4.31. The minimum atomic E-state index is -1.04. The Kier molecular flexibility index (Phi) is 5.36. The SMILES string of the molecule is CCc1ccc(OCC(=O)N(C)C(C)C(=O)O)cc1. The van der Waals surface area contributed by atoms with Crippen LogP contribution in [0.1, 0.15) is 19.4 Å². The second kappa shape index (κ2) is 6.78. The topological polar surface area (TPSA) is 66.8 Å². The first-order valence-corrected chi connectivity index (χ1v) is 6.16. The number of hydrogen-bond donors (Lipinski definition) is 1. The summed E-state index contributed by atoms with van der Waals surface area (Å²) in [5.74, 6) is -0.806. The van der Waals surface area contributed by atoms with Crippen molar-refractivity contribution in [3.05, 3.63) is 29.8 Å². The van der Waals surface area contributed by atoms with Gasteiger partial charge in [0.1, 0.15) is 11.8 Å². The van der Waals surface area contributed by atoms with E-state index in [-0.39, 0.29) is 12.5 Å². The van der Waals surface area contributed by atoms with Gasteiger partial charge in [-0.3, -0.25) is 4.79 Å². The summed E-state index contributed by atoms with van der Waals surface area (Å²) in [4.78, 5) is 23.6. The maximum Gasteiger partial charge on any atom is 0.326 e. The third-order valence-electron chi connectivity index (χ3n) is 3.03.